The third-order valence-electron chi connectivity index (χ3n) is 4.58. The average molecular weight is 339 g/mol. The lowest BCUT2D eigenvalue weighted by atomic mass is 10.0. The summed E-state index contributed by atoms with van der Waals surface area (Å²) in [7, 11) is 0.167. The zero-order chi connectivity index (χ0) is 17.5. The maximum absolute atomic E-state index is 12.8. The number of nitrogens with zero attached hydrogens (tertiary/aromatic N) is 2. The van der Waals surface area contributed by atoms with E-state index in [-0.39, 0.29) is 10.8 Å². The highest BCUT2D eigenvalue weighted by atomic mass is 32.2. The number of hydrogen-bond donors (Lipinski definition) is 1. The standard InChI is InChI=1S/C16H25N3O3S/c1-10-6-11(2)15(23(17,21)22)7-13(10)16(20)19-8-12(3)14(9-19)18(4)5/h6-7,12,14H,8-9H2,1-5H3,(H2,17,21,22)/t12-,14-/m1/s1. The van der Waals surface area contributed by atoms with Gasteiger partial charge in [-0.15, -0.1) is 0 Å². The fourth-order valence-corrected chi connectivity index (χ4v) is 4.12. The molecule has 1 aliphatic rings. The summed E-state index contributed by atoms with van der Waals surface area (Å²) in [6, 6.07) is 3.42. The van der Waals surface area contributed by atoms with Crippen LogP contribution < -0.4 is 5.14 Å². The van der Waals surface area contributed by atoms with Gasteiger partial charge in [0, 0.05) is 24.7 Å². The molecule has 1 fully saturated rings. The van der Waals surface area contributed by atoms with E-state index in [4.69, 9.17) is 5.14 Å². The first-order valence-corrected chi connectivity index (χ1v) is 9.16. The monoisotopic (exact) mass is 339 g/mol. The number of hydrogen-bond acceptors (Lipinski definition) is 4. The van der Waals surface area contributed by atoms with Crippen LogP contribution in [0.4, 0.5) is 0 Å². The Bertz CT molecular complexity index is 728. The Kier molecular flexibility index (Phi) is 4.84. The highest BCUT2D eigenvalue weighted by Crippen LogP contribution is 2.25. The van der Waals surface area contributed by atoms with Crippen molar-refractivity contribution < 1.29 is 13.2 Å². The maximum atomic E-state index is 12.8. The molecule has 0 aliphatic carbocycles. The Balaban J connectivity index is 2.37. The number of carbonyl (C=O) groups is 1. The van der Waals surface area contributed by atoms with Crippen LogP contribution in [-0.4, -0.2) is 57.4 Å². The number of amides is 1. The van der Waals surface area contributed by atoms with Crippen LogP contribution in [0, 0.1) is 19.8 Å². The van der Waals surface area contributed by atoms with E-state index < -0.39 is 10.0 Å². The van der Waals surface area contributed by atoms with Gasteiger partial charge in [-0.1, -0.05) is 13.0 Å². The highest BCUT2D eigenvalue weighted by Gasteiger charge is 2.34. The molecule has 0 unspecified atom stereocenters. The van der Waals surface area contributed by atoms with Gasteiger partial charge in [0.2, 0.25) is 10.0 Å². The second-order valence-electron chi connectivity index (χ2n) is 6.70. The summed E-state index contributed by atoms with van der Waals surface area (Å²) in [5.41, 5.74) is 1.73. The lowest BCUT2D eigenvalue weighted by Crippen LogP contribution is -2.36. The molecule has 0 radical (unpaired) electrons. The molecule has 2 atom stereocenters. The number of aryl methyl sites for hydroxylation is 2. The summed E-state index contributed by atoms with van der Waals surface area (Å²) in [4.78, 5) is 16.8. The highest BCUT2D eigenvalue weighted by molar-refractivity contribution is 7.89. The van der Waals surface area contributed by atoms with E-state index in [1.165, 1.54) is 6.07 Å². The zero-order valence-electron chi connectivity index (χ0n) is 14.3. The molecule has 0 saturated carbocycles. The second-order valence-corrected chi connectivity index (χ2v) is 8.23. The van der Waals surface area contributed by atoms with E-state index in [0.29, 0.717) is 36.2 Å². The number of likely N-dealkylation sites (N-methyl/N-ethyl adjacent to an activating group) is 1. The maximum Gasteiger partial charge on any atom is 0.254 e. The van der Waals surface area contributed by atoms with Gasteiger partial charge in [-0.25, -0.2) is 13.6 Å². The number of benzene rings is 1. The minimum absolute atomic E-state index is 0.0165. The fraction of sp³-hybridized carbons (Fsp3) is 0.562. The van der Waals surface area contributed by atoms with Crippen LogP contribution in [0.5, 0.6) is 0 Å². The fourth-order valence-electron chi connectivity index (χ4n) is 3.33. The lowest BCUT2D eigenvalue weighted by molar-refractivity contribution is 0.0780. The van der Waals surface area contributed by atoms with Crippen molar-refractivity contribution in [2.24, 2.45) is 11.1 Å². The van der Waals surface area contributed by atoms with Gasteiger partial charge in [-0.3, -0.25) is 4.79 Å². The van der Waals surface area contributed by atoms with E-state index >= 15 is 0 Å². The molecule has 0 aromatic heterocycles. The van der Waals surface area contributed by atoms with Crippen molar-refractivity contribution in [2.45, 2.75) is 31.7 Å². The molecule has 6 nitrogen and oxygen atoms in total. The van der Waals surface area contributed by atoms with E-state index in [1.54, 1.807) is 17.9 Å². The smallest absolute Gasteiger partial charge is 0.254 e. The molecule has 0 spiro atoms. The Morgan fingerprint density at radius 1 is 1.22 bits per heavy atom. The van der Waals surface area contributed by atoms with Gasteiger partial charge in [-0.2, -0.15) is 0 Å². The van der Waals surface area contributed by atoms with Crippen LogP contribution >= 0.6 is 0 Å². The van der Waals surface area contributed by atoms with Crippen LogP contribution in [0.25, 0.3) is 0 Å². The van der Waals surface area contributed by atoms with Crippen molar-refractivity contribution in [1.29, 1.82) is 0 Å². The summed E-state index contributed by atoms with van der Waals surface area (Å²) in [6.45, 7) is 6.93. The molecule has 1 aliphatic heterocycles. The van der Waals surface area contributed by atoms with Gasteiger partial charge in [-0.05, 0) is 51.1 Å². The predicted octanol–water partition coefficient (Wildman–Crippen LogP) is 0.973. The molecule has 7 heteroatoms. The Labute approximate surface area is 138 Å². The first-order valence-electron chi connectivity index (χ1n) is 7.62. The molecule has 2 N–H and O–H groups in total. The van der Waals surface area contributed by atoms with Crippen LogP contribution in [0.15, 0.2) is 17.0 Å². The van der Waals surface area contributed by atoms with E-state index in [9.17, 15) is 13.2 Å². The molecule has 1 aromatic rings. The quantitative estimate of drug-likeness (QED) is 0.889. The SMILES string of the molecule is Cc1cc(C)c(S(N)(=O)=O)cc1C(=O)N1C[C@@H](C)[C@H](N(C)C)C1. The van der Waals surface area contributed by atoms with Crippen molar-refractivity contribution in [1.82, 2.24) is 9.80 Å². The van der Waals surface area contributed by atoms with Crippen LogP contribution in [0.1, 0.15) is 28.4 Å². The number of likely N-dealkylation sites (tertiary alicyclic amines) is 1. The summed E-state index contributed by atoms with van der Waals surface area (Å²) in [5, 5.41) is 5.25. The van der Waals surface area contributed by atoms with Crippen molar-refractivity contribution in [3.8, 4) is 0 Å². The summed E-state index contributed by atoms with van der Waals surface area (Å²) in [6.07, 6.45) is 0. The van der Waals surface area contributed by atoms with Crippen molar-refractivity contribution in [3.63, 3.8) is 0 Å². The molecule has 1 aromatic carbocycles. The van der Waals surface area contributed by atoms with Crippen molar-refractivity contribution in [2.75, 3.05) is 27.2 Å². The van der Waals surface area contributed by atoms with Gasteiger partial charge < -0.3 is 9.80 Å². The second kappa shape index (κ2) is 6.22. The van der Waals surface area contributed by atoms with E-state index in [2.05, 4.69) is 11.8 Å². The van der Waals surface area contributed by atoms with Crippen molar-refractivity contribution >= 4 is 15.9 Å². The summed E-state index contributed by atoms with van der Waals surface area (Å²) >= 11 is 0. The van der Waals surface area contributed by atoms with Crippen LogP contribution in [0.2, 0.25) is 0 Å². The summed E-state index contributed by atoms with van der Waals surface area (Å²) in [5.74, 6) is 0.237. The number of nitrogens with two attached hydrogens (primary N) is 1. The first kappa shape index (κ1) is 17.9. The van der Waals surface area contributed by atoms with Crippen LogP contribution in [0.3, 0.4) is 0 Å². The zero-order valence-corrected chi connectivity index (χ0v) is 15.1. The Hall–Kier alpha value is -1.44. The molecule has 128 valence electrons. The molecule has 0 bridgehead atoms. The van der Waals surface area contributed by atoms with E-state index in [0.717, 1.165) is 5.56 Å². The van der Waals surface area contributed by atoms with Gasteiger partial charge >= 0.3 is 0 Å². The van der Waals surface area contributed by atoms with Crippen LogP contribution in [-0.2, 0) is 10.0 Å². The molecule has 1 heterocycles. The molecule has 1 amide bonds. The number of primary sulfonamides is 1. The normalized spacial score (nSPS) is 22.0. The number of carbonyl (C=O) groups excluding carboxylic acids is 1. The lowest BCUT2D eigenvalue weighted by Gasteiger charge is -2.22. The van der Waals surface area contributed by atoms with Gasteiger partial charge in [0.05, 0.1) is 4.90 Å². The first-order chi connectivity index (χ1) is 10.5. The Morgan fingerprint density at radius 3 is 2.30 bits per heavy atom. The largest absolute Gasteiger partial charge is 0.337 e. The van der Waals surface area contributed by atoms with Gasteiger partial charge in [0.1, 0.15) is 0 Å². The summed E-state index contributed by atoms with van der Waals surface area (Å²) < 4.78 is 23.4. The van der Waals surface area contributed by atoms with Gasteiger partial charge in [0.15, 0.2) is 0 Å². The topological polar surface area (TPSA) is 83.7 Å². The van der Waals surface area contributed by atoms with E-state index in [1.807, 2.05) is 21.0 Å². The third-order valence-corrected chi connectivity index (χ3v) is 5.63. The predicted molar refractivity (Wildman–Crippen MR) is 89.8 cm³/mol. The Morgan fingerprint density at radius 2 is 1.83 bits per heavy atom. The third kappa shape index (κ3) is 3.57. The number of rotatable bonds is 3. The molecular formula is C16H25N3O3S. The van der Waals surface area contributed by atoms with Gasteiger partial charge in [0.25, 0.3) is 5.91 Å². The van der Waals surface area contributed by atoms with Crippen molar-refractivity contribution in [3.05, 3.63) is 28.8 Å². The molecule has 1 saturated heterocycles. The number of sulfonamides is 1. The molecular weight excluding hydrogens is 314 g/mol. The molecule has 23 heavy (non-hydrogen) atoms. The minimum atomic E-state index is -3.84. The average Bonchev–Trinajstić information content (AvgIpc) is 2.78. The minimum Gasteiger partial charge on any atom is -0.337 e. The molecule has 2 rings (SSSR count).